The highest BCUT2D eigenvalue weighted by Gasteiger charge is 2.17. The molecule has 3 nitrogen and oxygen atoms in total. The Bertz CT molecular complexity index is 815. The first kappa shape index (κ1) is 17.3. The number of hydrogen-bond acceptors (Lipinski definition) is 1. The quantitative estimate of drug-likeness (QED) is 0.589. The van der Waals surface area contributed by atoms with E-state index >= 15 is 0 Å². The largest absolute Gasteiger partial charge is 0.327 e. The van der Waals surface area contributed by atoms with Crippen molar-refractivity contribution in [3.8, 4) is 0 Å². The van der Waals surface area contributed by atoms with Crippen molar-refractivity contribution in [3.63, 3.8) is 0 Å². The second-order valence-corrected chi connectivity index (χ2v) is 6.32. The van der Waals surface area contributed by atoms with Crippen molar-refractivity contribution in [1.29, 1.82) is 0 Å². The zero-order valence-corrected chi connectivity index (χ0v) is 14.8. The highest BCUT2D eigenvalue weighted by atomic mass is 35.5. The second-order valence-electron chi connectivity index (χ2n) is 5.48. The number of amides is 2. The van der Waals surface area contributed by atoms with Gasteiger partial charge in [-0.05, 0) is 29.3 Å². The third kappa shape index (κ3) is 4.53. The lowest BCUT2D eigenvalue weighted by Gasteiger charge is -2.20. The molecular weight excluding hydrogens is 355 g/mol. The van der Waals surface area contributed by atoms with Crippen molar-refractivity contribution < 1.29 is 4.79 Å². The van der Waals surface area contributed by atoms with E-state index in [0.29, 0.717) is 15.7 Å². The smallest absolute Gasteiger partial charge is 0.320 e. The minimum atomic E-state index is -0.359. The normalized spacial score (nSPS) is 10.5. The summed E-state index contributed by atoms with van der Waals surface area (Å²) in [5.74, 6) is 0. The van der Waals surface area contributed by atoms with E-state index in [0.717, 1.165) is 11.1 Å². The van der Waals surface area contributed by atoms with Crippen LogP contribution in [0.3, 0.4) is 0 Å². The maximum absolute atomic E-state index is 12.5. The van der Waals surface area contributed by atoms with E-state index in [4.69, 9.17) is 23.2 Å². The van der Waals surface area contributed by atoms with Crippen LogP contribution in [0.25, 0.3) is 0 Å². The van der Waals surface area contributed by atoms with E-state index in [1.54, 1.807) is 18.2 Å². The molecule has 0 bridgehead atoms. The van der Waals surface area contributed by atoms with Gasteiger partial charge < -0.3 is 10.6 Å². The number of hydrogen-bond donors (Lipinski definition) is 2. The molecule has 0 radical (unpaired) electrons. The summed E-state index contributed by atoms with van der Waals surface area (Å²) in [5, 5.41) is 6.68. The average molecular weight is 371 g/mol. The molecule has 126 valence electrons. The summed E-state index contributed by atoms with van der Waals surface area (Å²) in [7, 11) is 0. The number of rotatable bonds is 4. The van der Waals surface area contributed by atoms with Crippen LogP contribution in [0.5, 0.6) is 0 Å². The van der Waals surface area contributed by atoms with Crippen LogP contribution in [0.1, 0.15) is 17.2 Å². The van der Waals surface area contributed by atoms with E-state index in [1.165, 1.54) is 0 Å². The molecule has 0 unspecified atom stereocenters. The third-order valence-electron chi connectivity index (χ3n) is 3.72. The first-order valence-corrected chi connectivity index (χ1v) is 8.51. The molecule has 0 saturated heterocycles. The Morgan fingerprint density at radius 1 is 0.800 bits per heavy atom. The van der Waals surface area contributed by atoms with Crippen LogP contribution in [-0.2, 0) is 0 Å². The van der Waals surface area contributed by atoms with Gasteiger partial charge in [0.15, 0.2) is 0 Å². The van der Waals surface area contributed by atoms with Gasteiger partial charge in [0.2, 0.25) is 0 Å². The van der Waals surface area contributed by atoms with Crippen LogP contribution in [0.2, 0.25) is 10.0 Å². The Labute approximate surface area is 156 Å². The standard InChI is InChI=1S/C20H16Cl2N2O/c21-16-11-12-17(22)18(13-16)23-20(25)24-19(14-7-3-1-4-8-14)15-9-5-2-6-10-15/h1-13,19H,(H2,23,24,25). The SMILES string of the molecule is O=C(Nc1cc(Cl)ccc1Cl)NC(c1ccccc1)c1ccccc1. The average Bonchev–Trinajstić information content (AvgIpc) is 2.64. The Balaban J connectivity index is 1.83. The van der Waals surface area contributed by atoms with Crippen LogP contribution >= 0.6 is 23.2 Å². The predicted octanol–water partition coefficient (Wildman–Crippen LogP) is 5.90. The number of nitrogens with one attached hydrogen (secondary N) is 2. The molecule has 2 amide bonds. The van der Waals surface area contributed by atoms with Crippen LogP contribution in [0.15, 0.2) is 78.9 Å². The minimum absolute atomic E-state index is 0.277. The summed E-state index contributed by atoms with van der Waals surface area (Å²) in [5.41, 5.74) is 2.44. The molecule has 3 aromatic rings. The summed E-state index contributed by atoms with van der Waals surface area (Å²) >= 11 is 12.1. The molecule has 0 aromatic heterocycles. The Morgan fingerprint density at radius 2 is 1.36 bits per heavy atom. The number of benzene rings is 3. The van der Waals surface area contributed by atoms with Gasteiger partial charge in [0.05, 0.1) is 16.8 Å². The summed E-state index contributed by atoms with van der Waals surface area (Å²) in [6.45, 7) is 0. The maximum Gasteiger partial charge on any atom is 0.320 e. The van der Waals surface area contributed by atoms with Crippen molar-refractivity contribution in [2.45, 2.75) is 6.04 Å². The fourth-order valence-corrected chi connectivity index (χ4v) is 2.87. The lowest BCUT2D eigenvalue weighted by Crippen LogP contribution is -2.33. The van der Waals surface area contributed by atoms with Gasteiger partial charge in [-0.25, -0.2) is 4.79 Å². The van der Waals surface area contributed by atoms with Gasteiger partial charge in [0.1, 0.15) is 0 Å². The molecule has 0 atom stereocenters. The van der Waals surface area contributed by atoms with Gasteiger partial charge in [-0.1, -0.05) is 83.9 Å². The van der Waals surface area contributed by atoms with Gasteiger partial charge in [-0.3, -0.25) is 0 Å². The van der Waals surface area contributed by atoms with Crippen molar-refractivity contribution in [3.05, 3.63) is 100 Å². The van der Waals surface area contributed by atoms with Crippen molar-refractivity contribution >= 4 is 34.9 Å². The molecule has 5 heteroatoms. The highest BCUT2D eigenvalue weighted by Crippen LogP contribution is 2.26. The molecule has 0 heterocycles. The van der Waals surface area contributed by atoms with Crippen LogP contribution in [0.4, 0.5) is 10.5 Å². The molecule has 25 heavy (non-hydrogen) atoms. The van der Waals surface area contributed by atoms with Gasteiger partial charge >= 0.3 is 6.03 Å². The highest BCUT2D eigenvalue weighted by molar-refractivity contribution is 6.35. The second kappa shape index (κ2) is 8.06. The molecule has 0 aliphatic carbocycles. The molecule has 3 aromatic carbocycles. The van der Waals surface area contributed by atoms with Gasteiger partial charge in [-0.2, -0.15) is 0 Å². The Kier molecular flexibility index (Phi) is 5.59. The van der Waals surface area contributed by atoms with Crippen LogP contribution in [-0.4, -0.2) is 6.03 Å². The topological polar surface area (TPSA) is 41.1 Å². The van der Waals surface area contributed by atoms with Crippen molar-refractivity contribution in [2.75, 3.05) is 5.32 Å². The molecule has 0 fully saturated rings. The predicted molar refractivity (Wildman–Crippen MR) is 103 cm³/mol. The summed E-state index contributed by atoms with van der Waals surface area (Å²) in [4.78, 5) is 12.5. The molecule has 0 saturated carbocycles. The molecular formula is C20H16Cl2N2O. The number of halogens is 2. The van der Waals surface area contributed by atoms with Gasteiger partial charge in [-0.15, -0.1) is 0 Å². The zero-order chi connectivity index (χ0) is 17.6. The first-order chi connectivity index (χ1) is 12.1. The van der Waals surface area contributed by atoms with E-state index < -0.39 is 0 Å². The van der Waals surface area contributed by atoms with Gasteiger partial charge in [0.25, 0.3) is 0 Å². The maximum atomic E-state index is 12.5. The third-order valence-corrected chi connectivity index (χ3v) is 4.28. The molecule has 3 rings (SSSR count). The molecule has 0 aliphatic rings. The first-order valence-electron chi connectivity index (χ1n) is 7.76. The molecule has 0 aliphatic heterocycles. The fraction of sp³-hybridized carbons (Fsp3) is 0.0500. The summed E-state index contributed by atoms with van der Waals surface area (Å²) in [6.07, 6.45) is 0. The monoisotopic (exact) mass is 370 g/mol. The van der Waals surface area contributed by atoms with E-state index in [1.807, 2.05) is 60.7 Å². The van der Waals surface area contributed by atoms with Crippen LogP contribution < -0.4 is 10.6 Å². The lowest BCUT2D eigenvalue weighted by molar-refractivity contribution is 0.250. The molecule has 0 spiro atoms. The minimum Gasteiger partial charge on any atom is -0.327 e. The Hall–Kier alpha value is -2.49. The van der Waals surface area contributed by atoms with E-state index in [2.05, 4.69) is 10.6 Å². The zero-order valence-electron chi connectivity index (χ0n) is 13.2. The number of carbonyl (C=O) groups excluding carboxylic acids is 1. The van der Waals surface area contributed by atoms with Crippen LogP contribution in [0, 0.1) is 0 Å². The van der Waals surface area contributed by atoms with Gasteiger partial charge in [0, 0.05) is 5.02 Å². The summed E-state index contributed by atoms with van der Waals surface area (Å²) in [6, 6.07) is 23.9. The van der Waals surface area contributed by atoms with E-state index in [9.17, 15) is 4.79 Å². The summed E-state index contributed by atoms with van der Waals surface area (Å²) < 4.78 is 0. The number of carbonyl (C=O) groups is 1. The number of urea groups is 1. The fourth-order valence-electron chi connectivity index (χ4n) is 2.53. The molecule has 2 N–H and O–H groups in total. The van der Waals surface area contributed by atoms with Crippen molar-refractivity contribution in [2.24, 2.45) is 0 Å². The lowest BCUT2D eigenvalue weighted by atomic mass is 9.99. The van der Waals surface area contributed by atoms with E-state index in [-0.39, 0.29) is 12.1 Å². The number of anilines is 1. The van der Waals surface area contributed by atoms with Crippen molar-refractivity contribution in [1.82, 2.24) is 5.32 Å². The Morgan fingerprint density at radius 3 is 1.92 bits per heavy atom.